The Morgan fingerprint density at radius 1 is 0.889 bits per heavy atom. The van der Waals surface area contributed by atoms with Crippen molar-refractivity contribution in [1.29, 1.82) is 0 Å². The second-order valence-electron chi connectivity index (χ2n) is 6.03. The largest absolute Gasteiger partial charge is 0.489 e. The zero-order valence-electron chi connectivity index (χ0n) is 14.1. The lowest BCUT2D eigenvalue weighted by Crippen LogP contribution is -2.03. The summed E-state index contributed by atoms with van der Waals surface area (Å²) in [5.74, 6) is 0.602. The summed E-state index contributed by atoms with van der Waals surface area (Å²) in [6.45, 7) is 0.332. The van der Waals surface area contributed by atoms with Gasteiger partial charge in [0.1, 0.15) is 17.9 Å². The molecule has 0 radical (unpaired) electrons. The van der Waals surface area contributed by atoms with Crippen LogP contribution in [0.3, 0.4) is 0 Å². The summed E-state index contributed by atoms with van der Waals surface area (Å²) in [7, 11) is 0. The predicted octanol–water partition coefficient (Wildman–Crippen LogP) is 6.35. The lowest BCUT2D eigenvalue weighted by molar-refractivity contribution is 0.306. The molecule has 3 nitrogen and oxygen atoms in total. The fourth-order valence-corrected chi connectivity index (χ4v) is 3.10. The van der Waals surface area contributed by atoms with Gasteiger partial charge in [0.25, 0.3) is 0 Å². The third-order valence-corrected chi connectivity index (χ3v) is 4.84. The van der Waals surface area contributed by atoms with Crippen LogP contribution < -0.4 is 10.4 Å². The van der Waals surface area contributed by atoms with E-state index in [9.17, 15) is 4.79 Å². The van der Waals surface area contributed by atoms with E-state index in [2.05, 4.69) is 0 Å². The number of hydrogen-bond acceptors (Lipinski definition) is 3. The number of benzene rings is 3. The molecule has 0 fully saturated rings. The van der Waals surface area contributed by atoms with Crippen LogP contribution in [0.2, 0.25) is 10.0 Å². The third kappa shape index (κ3) is 3.85. The van der Waals surface area contributed by atoms with Crippen LogP contribution in [0.15, 0.2) is 82.0 Å². The highest BCUT2D eigenvalue weighted by molar-refractivity contribution is 6.31. The van der Waals surface area contributed by atoms with Crippen molar-refractivity contribution in [3.8, 4) is 16.9 Å². The molecule has 5 heteroatoms. The van der Waals surface area contributed by atoms with Gasteiger partial charge in [-0.15, -0.1) is 0 Å². The maximum atomic E-state index is 12.4. The Kier molecular flexibility index (Phi) is 4.88. The van der Waals surface area contributed by atoms with E-state index in [1.165, 1.54) is 0 Å². The first-order chi connectivity index (χ1) is 13.1. The van der Waals surface area contributed by atoms with Crippen molar-refractivity contribution in [2.45, 2.75) is 6.61 Å². The number of rotatable bonds is 4. The fourth-order valence-electron chi connectivity index (χ4n) is 2.79. The molecule has 0 atom stereocenters. The Morgan fingerprint density at radius 3 is 2.44 bits per heavy atom. The van der Waals surface area contributed by atoms with Crippen LogP contribution in [0.25, 0.3) is 22.1 Å². The highest BCUT2D eigenvalue weighted by atomic mass is 35.5. The molecule has 0 saturated heterocycles. The summed E-state index contributed by atoms with van der Waals surface area (Å²) >= 11 is 12.1. The predicted molar refractivity (Wildman–Crippen MR) is 109 cm³/mol. The molecule has 0 amide bonds. The molecule has 0 unspecified atom stereocenters. The smallest absolute Gasteiger partial charge is 0.344 e. The molecule has 0 bridgehead atoms. The lowest BCUT2D eigenvalue weighted by Gasteiger charge is -2.09. The van der Waals surface area contributed by atoms with Gasteiger partial charge in [-0.05, 0) is 42.0 Å². The number of ether oxygens (including phenoxy) is 1. The quantitative estimate of drug-likeness (QED) is 0.377. The maximum Gasteiger partial charge on any atom is 0.344 e. The molecule has 1 heterocycles. The van der Waals surface area contributed by atoms with Crippen molar-refractivity contribution >= 4 is 34.2 Å². The first-order valence-corrected chi connectivity index (χ1v) is 9.06. The number of hydrogen-bond donors (Lipinski definition) is 0. The van der Waals surface area contributed by atoms with Gasteiger partial charge < -0.3 is 9.15 Å². The average Bonchev–Trinajstić information content (AvgIpc) is 2.67. The Hall–Kier alpha value is -2.75. The van der Waals surface area contributed by atoms with E-state index in [-0.39, 0.29) is 0 Å². The lowest BCUT2D eigenvalue weighted by atomic mass is 10.1. The van der Waals surface area contributed by atoms with Gasteiger partial charge in [0, 0.05) is 27.1 Å². The Bertz CT molecular complexity index is 1160. The standard InChI is InChI=1S/C22H14Cl2O3/c23-17-8-5-14(6-9-17)19-11-15-7-10-18(12-21(15)27-22(19)25)26-13-16-3-1-2-4-20(16)24/h1-12H,13H2. The van der Waals surface area contributed by atoms with Gasteiger partial charge in [-0.25, -0.2) is 4.79 Å². The van der Waals surface area contributed by atoms with Crippen LogP contribution in [-0.2, 0) is 6.61 Å². The minimum absolute atomic E-state index is 0.332. The first kappa shape index (κ1) is 17.7. The number of fused-ring (bicyclic) bond motifs is 1. The van der Waals surface area contributed by atoms with E-state index in [1.54, 1.807) is 30.3 Å². The van der Waals surface area contributed by atoms with E-state index >= 15 is 0 Å². The Morgan fingerprint density at radius 2 is 1.67 bits per heavy atom. The Labute approximate surface area is 165 Å². The van der Waals surface area contributed by atoms with Gasteiger partial charge in [-0.1, -0.05) is 53.5 Å². The normalized spacial score (nSPS) is 10.9. The molecule has 4 aromatic rings. The second kappa shape index (κ2) is 7.47. The summed E-state index contributed by atoms with van der Waals surface area (Å²) in [5, 5.41) is 2.08. The van der Waals surface area contributed by atoms with E-state index in [0.717, 1.165) is 16.5 Å². The molecule has 0 aliphatic rings. The second-order valence-corrected chi connectivity index (χ2v) is 6.88. The zero-order valence-corrected chi connectivity index (χ0v) is 15.6. The van der Waals surface area contributed by atoms with Gasteiger partial charge in [-0.3, -0.25) is 0 Å². The van der Waals surface area contributed by atoms with E-state index in [1.807, 2.05) is 42.5 Å². The summed E-state index contributed by atoms with van der Waals surface area (Å²) in [6, 6.07) is 21.8. The van der Waals surface area contributed by atoms with Crippen molar-refractivity contribution in [2.75, 3.05) is 0 Å². The average molecular weight is 397 g/mol. The van der Waals surface area contributed by atoms with Gasteiger partial charge in [0.15, 0.2) is 0 Å². The van der Waals surface area contributed by atoms with E-state index in [4.69, 9.17) is 32.4 Å². The first-order valence-electron chi connectivity index (χ1n) is 8.30. The van der Waals surface area contributed by atoms with Crippen LogP contribution in [0.1, 0.15) is 5.56 Å². The van der Waals surface area contributed by atoms with E-state index < -0.39 is 5.63 Å². The van der Waals surface area contributed by atoms with Gasteiger partial charge >= 0.3 is 5.63 Å². The van der Waals surface area contributed by atoms with Crippen LogP contribution >= 0.6 is 23.2 Å². The van der Waals surface area contributed by atoms with Crippen molar-refractivity contribution in [2.24, 2.45) is 0 Å². The van der Waals surface area contributed by atoms with Crippen molar-refractivity contribution in [1.82, 2.24) is 0 Å². The van der Waals surface area contributed by atoms with Crippen LogP contribution in [0.5, 0.6) is 5.75 Å². The SMILES string of the molecule is O=c1oc2cc(OCc3ccccc3Cl)ccc2cc1-c1ccc(Cl)cc1. The van der Waals surface area contributed by atoms with Crippen molar-refractivity contribution < 1.29 is 9.15 Å². The summed E-state index contributed by atoms with van der Waals surface area (Å²) in [4.78, 5) is 12.4. The summed E-state index contributed by atoms with van der Waals surface area (Å²) < 4.78 is 11.3. The van der Waals surface area contributed by atoms with Crippen molar-refractivity contribution in [3.63, 3.8) is 0 Å². The molecule has 3 aromatic carbocycles. The molecule has 4 rings (SSSR count). The highest BCUT2D eigenvalue weighted by Crippen LogP contribution is 2.26. The van der Waals surface area contributed by atoms with Gasteiger partial charge in [-0.2, -0.15) is 0 Å². The zero-order chi connectivity index (χ0) is 18.8. The van der Waals surface area contributed by atoms with Crippen LogP contribution in [0, 0.1) is 0 Å². The molecule has 0 aliphatic heterocycles. The number of halogens is 2. The molecular formula is C22H14Cl2O3. The maximum absolute atomic E-state index is 12.4. The molecule has 0 aliphatic carbocycles. The minimum atomic E-state index is -0.409. The molecule has 1 aromatic heterocycles. The summed E-state index contributed by atoms with van der Waals surface area (Å²) in [5.41, 5.74) is 2.19. The van der Waals surface area contributed by atoms with E-state index in [0.29, 0.717) is 33.5 Å². The van der Waals surface area contributed by atoms with Gasteiger partial charge in [0.05, 0.1) is 5.56 Å². The molecule has 0 saturated carbocycles. The molecule has 0 spiro atoms. The summed E-state index contributed by atoms with van der Waals surface area (Å²) in [6.07, 6.45) is 0. The highest BCUT2D eigenvalue weighted by Gasteiger charge is 2.09. The van der Waals surface area contributed by atoms with Crippen molar-refractivity contribution in [3.05, 3.63) is 98.8 Å². The van der Waals surface area contributed by atoms with Crippen LogP contribution in [0.4, 0.5) is 0 Å². The van der Waals surface area contributed by atoms with Gasteiger partial charge in [0.2, 0.25) is 0 Å². The molecule has 0 N–H and O–H groups in total. The van der Waals surface area contributed by atoms with Crippen LogP contribution in [-0.4, -0.2) is 0 Å². The Balaban J connectivity index is 1.63. The molecular weight excluding hydrogens is 383 g/mol. The third-order valence-electron chi connectivity index (χ3n) is 4.21. The monoisotopic (exact) mass is 396 g/mol. The molecule has 27 heavy (non-hydrogen) atoms. The topological polar surface area (TPSA) is 39.4 Å². The fraction of sp³-hybridized carbons (Fsp3) is 0.0455. The molecule has 134 valence electrons. The minimum Gasteiger partial charge on any atom is -0.489 e.